The number of carbonyl (C=O) groups is 1. The highest BCUT2D eigenvalue weighted by molar-refractivity contribution is 5.77. The second-order valence-electron chi connectivity index (χ2n) is 20.8. The molecule has 26 atom stereocenters. The van der Waals surface area contributed by atoms with Crippen LogP contribution in [0.25, 0.3) is 0 Å². The maximum Gasteiger partial charge on any atom is 0.314 e. The van der Waals surface area contributed by atoms with Gasteiger partial charge in [-0.05, 0) is 93.5 Å². The van der Waals surface area contributed by atoms with E-state index in [1.165, 1.54) is 6.92 Å². The van der Waals surface area contributed by atoms with Gasteiger partial charge >= 0.3 is 5.97 Å². The van der Waals surface area contributed by atoms with Crippen molar-refractivity contribution < 1.29 is 109 Å². The number of esters is 1. The molecule has 1 spiro atoms. The molecule has 8 rings (SSSR count). The summed E-state index contributed by atoms with van der Waals surface area (Å²) in [7, 11) is 0. The van der Waals surface area contributed by atoms with Crippen LogP contribution in [0.15, 0.2) is 12.2 Å². The first kappa shape index (κ1) is 50.8. The van der Waals surface area contributed by atoms with Crippen LogP contribution < -0.4 is 0 Å². The molecule has 0 unspecified atom stereocenters. The van der Waals surface area contributed by atoms with E-state index in [0.29, 0.717) is 51.4 Å². The van der Waals surface area contributed by atoms with E-state index in [4.69, 9.17) is 37.9 Å². The van der Waals surface area contributed by atoms with Gasteiger partial charge in [-0.3, -0.25) is 4.79 Å². The number of hydrogen-bond acceptors (Lipinski definition) is 22. The Kier molecular flexibility index (Phi) is 14.5. The smallest absolute Gasteiger partial charge is 0.314 e. The van der Waals surface area contributed by atoms with Gasteiger partial charge in [-0.1, -0.05) is 19.9 Å². The molecule has 4 aliphatic heterocycles. The topological polar surface area (TPSA) is 354 Å². The highest BCUT2D eigenvalue weighted by Crippen LogP contribution is 2.73. The summed E-state index contributed by atoms with van der Waals surface area (Å²) < 4.78 is 47.4. The molecule has 2 bridgehead atoms. The van der Waals surface area contributed by atoms with Crippen LogP contribution in [0.4, 0.5) is 0 Å². The lowest BCUT2D eigenvalue weighted by Gasteiger charge is -2.64. The average molecular weight is 951 g/mol. The van der Waals surface area contributed by atoms with Crippen molar-refractivity contribution in [2.75, 3.05) is 19.8 Å². The molecular formula is C44H70O22. The van der Waals surface area contributed by atoms with Crippen molar-refractivity contribution in [2.45, 2.75) is 207 Å². The third-order valence-corrected chi connectivity index (χ3v) is 17.0. The zero-order valence-electron chi connectivity index (χ0n) is 37.4. The zero-order valence-corrected chi connectivity index (χ0v) is 37.4. The number of fused-ring (bicyclic) bond motifs is 3. The Labute approximate surface area is 381 Å². The summed E-state index contributed by atoms with van der Waals surface area (Å²) in [6.45, 7) is 7.71. The average Bonchev–Trinajstić information content (AvgIpc) is 3.48. The predicted molar refractivity (Wildman–Crippen MR) is 218 cm³/mol. The lowest BCUT2D eigenvalue weighted by molar-refractivity contribution is -0.391. The molecule has 66 heavy (non-hydrogen) atoms. The van der Waals surface area contributed by atoms with E-state index in [9.17, 15) is 71.2 Å². The highest BCUT2D eigenvalue weighted by atomic mass is 16.8. The Balaban J connectivity index is 0.990. The zero-order chi connectivity index (χ0) is 48.0. The maximum absolute atomic E-state index is 14.2. The predicted octanol–water partition coefficient (Wildman–Crippen LogP) is -4.09. The van der Waals surface area contributed by atoms with Crippen molar-refractivity contribution in [2.24, 2.45) is 28.1 Å². The normalized spacial score (nSPS) is 55.2. The van der Waals surface area contributed by atoms with Crippen LogP contribution in [0.1, 0.15) is 78.6 Å². The Morgan fingerprint density at radius 3 is 1.83 bits per heavy atom. The summed E-state index contributed by atoms with van der Waals surface area (Å²) in [6, 6.07) is 0. The number of ether oxygens (including phenoxy) is 8. The first-order valence-electron chi connectivity index (χ1n) is 23.2. The van der Waals surface area contributed by atoms with E-state index in [0.717, 1.165) is 12.0 Å². The first-order chi connectivity index (χ1) is 31.1. The van der Waals surface area contributed by atoms with Crippen molar-refractivity contribution in [3.8, 4) is 0 Å². The maximum atomic E-state index is 14.2. The Hall–Kier alpha value is -1.59. The SMILES string of the molecule is C=C1C[C@]23CC[C@H]4[C@@](C)(CCC[C@@]4(C)C(=O)O[C@@H]4O[C@H](CO)[C@@H](O)[C@H](O)[C@H]4O)[C@@H]2CC[C@@]1(O[C@@H]1O[C@H](CO)[C@@H](O)[C@H](O[C@@H]2O[C@H](CO)[C@@H](O)[C@H](O)[C@H]2O[C@@H]2O[C@@H](C)[C@H](O)[C@@H](O)[C@H]2O)[C@H]1O)C3. The van der Waals surface area contributed by atoms with Crippen LogP contribution in [0.2, 0.25) is 0 Å². The van der Waals surface area contributed by atoms with Gasteiger partial charge in [-0.25, -0.2) is 0 Å². The monoisotopic (exact) mass is 950 g/mol. The van der Waals surface area contributed by atoms with E-state index < -0.39 is 160 Å². The number of hydrogen-bond donors (Lipinski definition) is 13. The van der Waals surface area contributed by atoms with Crippen LogP contribution >= 0.6 is 0 Å². The molecular weight excluding hydrogens is 880 g/mol. The van der Waals surface area contributed by atoms with Gasteiger partial charge in [0.05, 0.1) is 36.9 Å². The van der Waals surface area contributed by atoms with Crippen molar-refractivity contribution in [1.82, 2.24) is 0 Å². The molecule has 0 aromatic heterocycles. The van der Waals surface area contributed by atoms with Crippen LogP contribution in [-0.4, -0.2) is 221 Å². The second-order valence-corrected chi connectivity index (χ2v) is 20.8. The number of aliphatic hydroxyl groups is 13. The lowest BCUT2D eigenvalue weighted by Crippen LogP contribution is -2.67. The third-order valence-electron chi connectivity index (χ3n) is 17.0. The van der Waals surface area contributed by atoms with Crippen LogP contribution in [0, 0.1) is 28.1 Å². The summed E-state index contributed by atoms with van der Waals surface area (Å²) in [5, 5.41) is 138. The number of aliphatic hydroxyl groups excluding tert-OH is 13. The van der Waals surface area contributed by atoms with Crippen molar-refractivity contribution in [3.05, 3.63) is 12.2 Å². The molecule has 0 aromatic carbocycles. The minimum absolute atomic E-state index is 0.0837. The molecule has 0 amide bonds. The van der Waals surface area contributed by atoms with Crippen LogP contribution in [0.5, 0.6) is 0 Å². The van der Waals surface area contributed by atoms with Gasteiger partial charge in [0.15, 0.2) is 18.9 Å². The highest BCUT2D eigenvalue weighted by Gasteiger charge is 2.69. The molecule has 0 aromatic rings. The fourth-order valence-electron chi connectivity index (χ4n) is 13.4. The van der Waals surface area contributed by atoms with E-state index in [1.807, 2.05) is 6.92 Å². The lowest BCUT2D eigenvalue weighted by atomic mass is 9.41. The summed E-state index contributed by atoms with van der Waals surface area (Å²) in [4.78, 5) is 14.2. The summed E-state index contributed by atoms with van der Waals surface area (Å²) in [6.07, 6.45) is -27.1. The van der Waals surface area contributed by atoms with Crippen molar-refractivity contribution in [1.29, 1.82) is 0 Å². The largest absolute Gasteiger partial charge is 0.432 e. The van der Waals surface area contributed by atoms with Crippen molar-refractivity contribution in [3.63, 3.8) is 0 Å². The third kappa shape index (κ3) is 8.30. The van der Waals surface area contributed by atoms with Crippen LogP contribution in [-0.2, 0) is 42.7 Å². The van der Waals surface area contributed by atoms with E-state index in [2.05, 4.69) is 13.5 Å². The summed E-state index contributed by atoms with van der Waals surface area (Å²) in [5.41, 5.74) is -2.00. The molecule has 4 saturated heterocycles. The number of carbonyl (C=O) groups excluding carboxylic acids is 1. The van der Waals surface area contributed by atoms with E-state index >= 15 is 0 Å². The molecule has 8 fully saturated rings. The van der Waals surface area contributed by atoms with Gasteiger partial charge in [0.2, 0.25) is 6.29 Å². The molecule has 13 N–H and O–H groups in total. The van der Waals surface area contributed by atoms with Gasteiger partial charge in [-0.2, -0.15) is 0 Å². The fourth-order valence-corrected chi connectivity index (χ4v) is 13.4. The number of rotatable bonds is 11. The Morgan fingerprint density at radius 1 is 0.606 bits per heavy atom. The minimum Gasteiger partial charge on any atom is -0.432 e. The summed E-state index contributed by atoms with van der Waals surface area (Å²) >= 11 is 0. The second kappa shape index (κ2) is 18.9. The first-order valence-corrected chi connectivity index (χ1v) is 23.2. The van der Waals surface area contributed by atoms with E-state index in [-0.39, 0.29) is 22.7 Å². The fraction of sp³-hybridized carbons (Fsp3) is 0.932. The standard InChI is InChI=1S/C44H70O22/c1-17-12-43-10-6-22-41(3,8-5-9-42(22,4)40(58)65-37-32(56)29(53)25(49)19(13-45)60-37)23(43)7-11-44(17,16-43)66-38-33(57)34(27(51)21(15-47)61-38)63-39-35(30(54)26(50)20(14-46)62-39)64-36-31(55)28(52)24(48)18(2)59-36/h18-39,45-57H,1,5-16H2,2-4H3/t18-,19+,20+,21+,22-,23-,24-,25+,26+,27+,28+,29-,30-,31+,32+,33+,34-,35+,36-,37-,38-,39-,41+,42+,43-,44+/m0/s1. The van der Waals surface area contributed by atoms with Gasteiger partial charge in [0.25, 0.3) is 0 Å². The van der Waals surface area contributed by atoms with E-state index in [1.54, 1.807) is 0 Å². The molecule has 4 heterocycles. The van der Waals surface area contributed by atoms with Gasteiger partial charge < -0.3 is 104 Å². The molecule has 22 nitrogen and oxygen atoms in total. The minimum atomic E-state index is -1.88. The summed E-state index contributed by atoms with van der Waals surface area (Å²) in [5.74, 6) is -0.679. The Morgan fingerprint density at radius 2 is 1.17 bits per heavy atom. The van der Waals surface area contributed by atoms with Gasteiger partial charge in [0, 0.05) is 0 Å². The molecule has 22 heteroatoms. The van der Waals surface area contributed by atoms with Crippen molar-refractivity contribution >= 4 is 5.97 Å². The van der Waals surface area contributed by atoms with Gasteiger partial charge in [-0.15, -0.1) is 0 Å². The molecule has 4 saturated carbocycles. The quantitative estimate of drug-likeness (QED) is 0.0532. The Bertz CT molecular complexity index is 1740. The van der Waals surface area contributed by atoms with Gasteiger partial charge in [0.1, 0.15) is 91.6 Å². The molecule has 4 aliphatic carbocycles. The van der Waals surface area contributed by atoms with Crippen LogP contribution in [0.3, 0.4) is 0 Å². The molecule has 8 aliphatic rings. The molecule has 378 valence electrons. The molecule has 0 radical (unpaired) electrons.